The van der Waals surface area contributed by atoms with Crippen molar-refractivity contribution in [3.63, 3.8) is 0 Å². The van der Waals surface area contributed by atoms with E-state index in [0.29, 0.717) is 6.61 Å². The Morgan fingerprint density at radius 2 is 1.47 bits per heavy atom. The number of aliphatic hydroxyl groups is 1. The maximum Gasteiger partial charge on any atom is 0.183 e. The van der Waals surface area contributed by atoms with Crippen LogP contribution < -0.4 is 0 Å². The van der Waals surface area contributed by atoms with Gasteiger partial charge < -0.3 is 9.84 Å². The largest absolute Gasteiger partial charge is 0.479 e. The summed E-state index contributed by atoms with van der Waals surface area (Å²) in [6, 6.07) is 0. The summed E-state index contributed by atoms with van der Waals surface area (Å²) in [5.41, 5.74) is 0. The number of rotatable bonds is 11. The van der Waals surface area contributed by atoms with Gasteiger partial charge in [0.2, 0.25) is 0 Å². The van der Waals surface area contributed by atoms with Crippen molar-refractivity contribution in [3.05, 3.63) is 0 Å². The summed E-state index contributed by atoms with van der Waals surface area (Å²) in [6.07, 6.45) is 12.4. The highest BCUT2D eigenvalue weighted by molar-refractivity contribution is 5.77. The Morgan fingerprint density at radius 1 is 0.882 bits per heavy atom. The van der Waals surface area contributed by atoms with Gasteiger partial charge in [0.05, 0.1) is 6.54 Å². The van der Waals surface area contributed by atoms with Crippen LogP contribution in [-0.4, -0.2) is 30.8 Å². The molecule has 1 heterocycles. The third kappa shape index (κ3) is 8.19. The molecule has 0 aliphatic carbocycles. The molecule has 0 atom stereocenters. The van der Waals surface area contributed by atoms with Crippen LogP contribution in [0.3, 0.4) is 0 Å². The highest BCUT2D eigenvalue weighted by Gasteiger charge is 2.05. The fraction of sp³-hybridized carbons (Fsp3) is 0.929. The summed E-state index contributed by atoms with van der Waals surface area (Å²) >= 11 is 0. The number of aliphatic hydroxyl groups excluding tert-OH is 1. The first-order valence-corrected chi connectivity index (χ1v) is 7.20. The molecule has 0 saturated heterocycles. The fourth-order valence-electron chi connectivity index (χ4n) is 2.16. The first kappa shape index (κ1) is 14.5. The fourth-order valence-corrected chi connectivity index (χ4v) is 2.16. The molecule has 3 heteroatoms. The van der Waals surface area contributed by atoms with Crippen LogP contribution in [0.1, 0.15) is 64.2 Å². The summed E-state index contributed by atoms with van der Waals surface area (Å²) in [5.74, 6) is 0.981. The quantitative estimate of drug-likeness (QED) is 0.564. The predicted molar refractivity (Wildman–Crippen MR) is 71.5 cm³/mol. The Kier molecular flexibility index (Phi) is 9.01. The SMILES string of the molecule is OCCCCCCCCCCCC1=NCCO1. The highest BCUT2D eigenvalue weighted by atomic mass is 16.5. The van der Waals surface area contributed by atoms with E-state index >= 15 is 0 Å². The Hall–Kier alpha value is -0.570. The molecule has 0 aromatic heterocycles. The van der Waals surface area contributed by atoms with Gasteiger partial charge in [-0.3, -0.25) is 4.99 Å². The van der Waals surface area contributed by atoms with Gasteiger partial charge in [0.25, 0.3) is 0 Å². The second kappa shape index (κ2) is 10.6. The minimum Gasteiger partial charge on any atom is -0.479 e. The molecular weight excluding hydrogens is 214 g/mol. The maximum absolute atomic E-state index is 8.64. The van der Waals surface area contributed by atoms with E-state index in [1.54, 1.807) is 0 Å². The molecule has 100 valence electrons. The molecule has 0 spiro atoms. The van der Waals surface area contributed by atoms with Gasteiger partial charge in [-0.25, -0.2) is 0 Å². The second-order valence-corrected chi connectivity index (χ2v) is 4.78. The first-order chi connectivity index (χ1) is 8.43. The summed E-state index contributed by atoms with van der Waals surface area (Å²) in [4.78, 5) is 4.29. The van der Waals surface area contributed by atoms with Gasteiger partial charge in [-0.15, -0.1) is 0 Å². The lowest BCUT2D eigenvalue weighted by atomic mass is 10.1. The number of nitrogens with zero attached hydrogens (tertiary/aromatic N) is 1. The normalized spacial score (nSPS) is 14.8. The molecule has 17 heavy (non-hydrogen) atoms. The van der Waals surface area contributed by atoms with Crippen molar-refractivity contribution in [1.29, 1.82) is 0 Å². The molecule has 0 aromatic rings. The molecule has 0 amide bonds. The monoisotopic (exact) mass is 241 g/mol. The van der Waals surface area contributed by atoms with Gasteiger partial charge in [0, 0.05) is 13.0 Å². The van der Waals surface area contributed by atoms with Crippen molar-refractivity contribution in [2.75, 3.05) is 19.8 Å². The van der Waals surface area contributed by atoms with E-state index in [1.807, 2.05) is 0 Å². The summed E-state index contributed by atoms with van der Waals surface area (Å²) in [6.45, 7) is 2.01. The second-order valence-electron chi connectivity index (χ2n) is 4.78. The van der Waals surface area contributed by atoms with Gasteiger partial charge in [-0.05, 0) is 12.8 Å². The summed E-state index contributed by atoms with van der Waals surface area (Å²) in [7, 11) is 0. The zero-order chi connectivity index (χ0) is 12.2. The van der Waals surface area contributed by atoms with E-state index in [0.717, 1.165) is 31.9 Å². The molecule has 0 unspecified atom stereocenters. The topological polar surface area (TPSA) is 41.8 Å². The van der Waals surface area contributed by atoms with E-state index in [2.05, 4.69) is 4.99 Å². The lowest BCUT2D eigenvalue weighted by Gasteiger charge is -2.02. The Balaban J connectivity index is 1.72. The predicted octanol–water partition coefficient (Wildman–Crippen LogP) is 3.31. The van der Waals surface area contributed by atoms with Crippen molar-refractivity contribution >= 4 is 5.90 Å². The third-order valence-corrected chi connectivity index (χ3v) is 3.20. The maximum atomic E-state index is 8.64. The average Bonchev–Trinajstić information content (AvgIpc) is 2.85. The van der Waals surface area contributed by atoms with Crippen molar-refractivity contribution in [2.24, 2.45) is 4.99 Å². The smallest absolute Gasteiger partial charge is 0.183 e. The minimum atomic E-state index is 0.353. The molecule has 1 N–H and O–H groups in total. The van der Waals surface area contributed by atoms with Gasteiger partial charge in [-0.1, -0.05) is 44.9 Å². The number of ether oxygens (including phenoxy) is 1. The molecule has 0 fully saturated rings. The Morgan fingerprint density at radius 3 is 2.00 bits per heavy atom. The zero-order valence-corrected chi connectivity index (χ0v) is 11.0. The molecule has 3 nitrogen and oxygen atoms in total. The van der Waals surface area contributed by atoms with Gasteiger partial charge >= 0.3 is 0 Å². The van der Waals surface area contributed by atoms with Crippen molar-refractivity contribution in [1.82, 2.24) is 0 Å². The summed E-state index contributed by atoms with van der Waals surface area (Å²) in [5, 5.41) is 8.64. The standard InChI is InChI=1S/C14H27NO2/c16-12-9-7-5-3-1-2-4-6-8-10-14-15-11-13-17-14/h16H,1-13H2. The molecule has 0 saturated carbocycles. The minimum absolute atomic E-state index is 0.353. The van der Waals surface area contributed by atoms with Crippen LogP contribution in [-0.2, 0) is 4.74 Å². The van der Waals surface area contributed by atoms with E-state index in [1.165, 1.54) is 51.4 Å². The van der Waals surface area contributed by atoms with Gasteiger partial charge in [0.1, 0.15) is 6.61 Å². The number of hydrogen-bond acceptors (Lipinski definition) is 3. The van der Waals surface area contributed by atoms with Crippen LogP contribution in [0.5, 0.6) is 0 Å². The Labute approximate surface area is 105 Å². The van der Waals surface area contributed by atoms with Crippen LogP contribution in [0, 0.1) is 0 Å². The number of unbranched alkanes of at least 4 members (excludes halogenated alkanes) is 8. The van der Waals surface area contributed by atoms with Crippen molar-refractivity contribution in [2.45, 2.75) is 64.2 Å². The van der Waals surface area contributed by atoms with Crippen LogP contribution in [0.15, 0.2) is 4.99 Å². The van der Waals surface area contributed by atoms with E-state index in [9.17, 15) is 0 Å². The first-order valence-electron chi connectivity index (χ1n) is 7.20. The van der Waals surface area contributed by atoms with Crippen LogP contribution >= 0.6 is 0 Å². The number of aliphatic imine (C=N–C) groups is 1. The van der Waals surface area contributed by atoms with E-state index in [4.69, 9.17) is 9.84 Å². The lowest BCUT2D eigenvalue weighted by molar-refractivity contribution is 0.282. The zero-order valence-electron chi connectivity index (χ0n) is 11.0. The molecule has 1 rings (SSSR count). The molecule has 0 radical (unpaired) electrons. The molecule has 1 aliphatic heterocycles. The van der Waals surface area contributed by atoms with Crippen molar-refractivity contribution < 1.29 is 9.84 Å². The van der Waals surface area contributed by atoms with Gasteiger partial charge in [-0.2, -0.15) is 0 Å². The average molecular weight is 241 g/mol. The van der Waals surface area contributed by atoms with Crippen LogP contribution in [0.25, 0.3) is 0 Å². The third-order valence-electron chi connectivity index (χ3n) is 3.20. The molecular formula is C14H27NO2. The van der Waals surface area contributed by atoms with Gasteiger partial charge in [0.15, 0.2) is 5.90 Å². The number of hydrogen-bond donors (Lipinski definition) is 1. The molecule has 0 aromatic carbocycles. The Bertz CT molecular complexity index is 204. The molecule has 0 bridgehead atoms. The molecule has 1 aliphatic rings. The lowest BCUT2D eigenvalue weighted by Crippen LogP contribution is -1.98. The van der Waals surface area contributed by atoms with Crippen LogP contribution in [0.4, 0.5) is 0 Å². The summed E-state index contributed by atoms with van der Waals surface area (Å²) < 4.78 is 5.37. The van der Waals surface area contributed by atoms with Crippen LogP contribution in [0.2, 0.25) is 0 Å². The van der Waals surface area contributed by atoms with E-state index in [-0.39, 0.29) is 0 Å². The highest BCUT2D eigenvalue weighted by Crippen LogP contribution is 2.11. The van der Waals surface area contributed by atoms with Crippen molar-refractivity contribution in [3.8, 4) is 0 Å². The van der Waals surface area contributed by atoms with E-state index < -0.39 is 0 Å².